The van der Waals surface area contributed by atoms with Crippen LogP contribution in [0.5, 0.6) is 0 Å². The molecule has 2 aromatic rings. The third-order valence-corrected chi connectivity index (χ3v) is 4.59. The van der Waals surface area contributed by atoms with Crippen molar-refractivity contribution >= 4 is 22.9 Å². The lowest BCUT2D eigenvalue weighted by Gasteiger charge is -2.16. The number of aliphatic hydroxyl groups excluding tert-OH is 1. The van der Waals surface area contributed by atoms with Crippen LogP contribution in [-0.2, 0) is 11.3 Å². The van der Waals surface area contributed by atoms with Gasteiger partial charge in [-0.1, -0.05) is 6.07 Å². The van der Waals surface area contributed by atoms with E-state index < -0.39 is 0 Å². The summed E-state index contributed by atoms with van der Waals surface area (Å²) in [6, 6.07) is 4.57. The van der Waals surface area contributed by atoms with E-state index >= 15 is 0 Å². The summed E-state index contributed by atoms with van der Waals surface area (Å²) in [7, 11) is 0. The molecule has 3 N–H and O–H groups in total. The van der Waals surface area contributed by atoms with E-state index in [0.717, 1.165) is 5.69 Å². The molecule has 1 fully saturated rings. The fraction of sp³-hybridized carbons (Fsp3) is 0.467. The number of rotatable bonds is 8. The van der Waals surface area contributed by atoms with Crippen molar-refractivity contribution in [3.63, 3.8) is 0 Å². The molecule has 0 radical (unpaired) electrons. The standard InChI is InChI=1S/C15H20N4O2S/c20-6-5-16-14(21)10-19-9-12(8-17-19)18-15(11-3-4-11)13-2-1-7-22-13/h1-2,7-9,11,15,18,20H,3-6,10H2,(H,16,21). The number of aliphatic hydroxyl groups is 1. The highest BCUT2D eigenvalue weighted by Gasteiger charge is 2.33. The lowest BCUT2D eigenvalue weighted by molar-refractivity contribution is -0.122. The molecule has 1 aliphatic rings. The number of thiophene rings is 1. The maximum Gasteiger partial charge on any atom is 0.241 e. The molecule has 2 heterocycles. The highest BCUT2D eigenvalue weighted by atomic mass is 32.1. The van der Waals surface area contributed by atoms with Gasteiger partial charge in [0.05, 0.1) is 24.5 Å². The first kappa shape index (κ1) is 15.1. The van der Waals surface area contributed by atoms with E-state index in [0.29, 0.717) is 12.0 Å². The van der Waals surface area contributed by atoms with Gasteiger partial charge in [-0.05, 0) is 30.2 Å². The zero-order valence-electron chi connectivity index (χ0n) is 12.2. The molecule has 118 valence electrons. The SMILES string of the molecule is O=C(Cn1cc(NC(c2cccs2)C2CC2)cn1)NCCO. The number of hydrogen-bond donors (Lipinski definition) is 3. The summed E-state index contributed by atoms with van der Waals surface area (Å²) >= 11 is 1.77. The number of nitrogens with zero attached hydrogens (tertiary/aromatic N) is 2. The second kappa shape index (κ2) is 6.93. The van der Waals surface area contributed by atoms with Crippen molar-refractivity contribution < 1.29 is 9.90 Å². The average Bonchev–Trinajstić information content (AvgIpc) is 3.02. The molecule has 1 amide bonds. The van der Waals surface area contributed by atoms with E-state index in [-0.39, 0.29) is 25.6 Å². The van der Waals surface area contributed by atoms with Gasteiger partial charge in [0, 0.05) is 17.6 Å². The molecule has 6 nitrogen and oxygen atoms in total. The van der Waals surface area contributed by atoms with Crippen LogP contribution in [0.2, 0.25) is 0 Å². The molecule has 7 heteroatoms. The Morgan fingerprint density at radius 3 is 3.09 bits per heavy atom. The first-order valence-corrected chi connectivity index (χ1v) is 8.34. The molecule has 0 aromatic carbocycles. The normalized spacial score (nSPS) is 15.5. The van der Waals surface area contributed by atoms with Crippen molar-refractivity contribution in [3.05, 3.63) is 34.8 Å². The van der Waals surface area contributed by atoms with Crippen LogP contribution >= 0.6 is 11.3 Å². The summed E-state index contributed by atoms with van der Waals surface area (Å²) in [5.74, 6) is 0.538. The molecule has 1 atom stereocenters. The number of hydrogen-bond acceptors (Lipinski definition) is 5. The predicted octanol–water partition coefficient (Wildman–Crippen LogP) is 1.62. The fourth-order valence-corrected chi connectivity index (χ4v) is 3.29. The van der Waals surface area contributed by atoms with Gasteiger partial charge in [-0.3, -0.25) is 9.48 Å². The van der Waals surface area contributed by atoms with Crippen molar-refractivity contribution in [2.45, 2.75) is 25.4 Å². The number of anilines is 1. The lowest BCUT2D eigenvalue weighted by atomic mass is 10.1. The van der Waals surface area contributed by atoms with Crippen LogP contribution in [-0.4, -0.2) is 33.9 Å². The Hall–Kier alpha value is -1.86. The second-order valence-corrected chi connectivity index (χ2v) is 6.45. The molecule has 22 heavy (non-hydrogen) atoms. The second-order valence-electron chi connectivity index (χ2n) is 5.48. The molecule has 1 aliphatic carbocycles. The molecule has 3 rings (SSSR count). The number of carbonyl (C=O) groups excluding carboxylic acids is 1. The minimum atomic E-state index is -0.152. The van der Waals surface area contributed by atoms with E-state index in [2.05, 4.69) is 33.2 Å². The van der Waals surface area contributed by atoms with Crippen LogP contribution in [0.25, 0.3) is 0 Å². The van der Waals surface area contributed by atoms with Crippen LogP contribution in [0.15, 0.2) is 29.9 Å². The average molecular weight is 320 g/mol. The molecule has 0 saturated heterocycles. The van der Waals surface area contributed by atoms with Crippen molar-refractivity contribution in [1.29, 1.82) is 0 Å². The monoisotopic (exact) mass is 320 g/mol. The number of nitrogens with one attached hydrogen (secondary N) is 2. The molecule has 0 bridgehead atoms. The van der Waals surface area contributed by atoms with Gasteiger partial charge in [-0.25, -0.2) is 0 Å². The minimum Gasteiger partial charge on any atom is -0.395 e. The van der Waals surface area contributed by atoms with E-state index in [1.54, 1.807) is 22.2 Å². The summed E-state index contributed by atoms with van der Waals surface area (Å²) in [5.41, 5.74) is 0.931. The maximum atomic E-state index is 11.6. The van der Waals surface area contributed by atoms with E-state index in [4.69, 9.17) is 5.11 Å². The van der Waals surface area contributed by atoms with Crippen molar-refractivity contribution in [3.8, 4) is 0 Å². The number of amides is 1. The Kier molecular flexibility index (Phi) is 4.74. The van der Waals surface area contributed by atoms with E-state index in [1.807, 2.05) is 6.20 Å². The Morgan fingerprint density at radius 2 is 2.41 bits per heavy atom. The Labute approximate surface area is 133 Å². The zero-order valence-corrected chi connectivity index (χ0v) is 13.1. The molecule has 0 aliphatic heterocycles. The first-order valence-electron chi connectivity index (χ1n) is 7.46. The first-order chi connectivity index (χ1) is 10.8. The third-order valence-electron chi connectivity index (χ3n) is 3.64. The summed E-state index contributed by atoms with van der Waals surface area (Å²) in [6.45, 7) is 0.379. The van der Waals surface area contributed by atoms with Gasteiger partial charge in [-0.15, -0.1) is 11.3 Å². The van der Waals surface area contributed by atoms with Gasteiger partial charge in [0.15, 0.2) is 0 Å². The Bertz CT molecular complexity index is 607. The predicted molar refractivity (Wildman–Crippen MR) is 85.7 cm³/mol. The van der Waals surface area contributed by atoms with Crippen molar-refractivity contribution in [2.24, 2.45) is 5.92 Å². The maximum absolute atomic E-state index is 11.6. The largest absolute Gasteiger partial charge is 0.395 e. The van der Waals surface area contributed by atoms with Crippen molar-refractivity contribution in [2.75, 3.05) is 18.5 Å². The summed E-state index contributed by atoms with van der Waals surface area (Å²) < 4.78 is 1.60. The van der Waals surface area contributed by atoms with Crippen LogP contribution < -0.4 is 10.6 Å². The highest BCUT2D eigenvalue weighted by Crippen LogP contribution is 2.44. The molecule has 0 spiro atoms. The third kappa shape index (κ3) is 3.86. The summed E-state index contributed by atoms with van der Waals surface area (Å²) in [5, 5.41) is 21.1. The Balaban J connectivity index is 1.60. The van der Waals surface area contributed by atoms with Gasteiger partial charge in [0.25, 0.3) is 0 Å². The van der Waals surface area contributed by atoms with Gasteiger partial charge in [0.2, 0.25) is 5.91 Å². The summed E-state index contributed by atoms with van der Waals surface area (Å²) in [6.07, 6.45) is 6.12. The molecule has 1 unspecified atom stereocenters. The quantitative estimate of drug-likeness (QED) is 0.690. The molecular formula is C15H20N4O2S. The van der Waals surface area contributed by atoms with Gasteiger partial charge in [0.1, 0.15) is 6.54 Å². The fourth-order valence-electron chi connectivity index (χ4n) is 2.42. The van der Waals surface area contributed by atoms with Crippen LogP contribution in [0.4, 0.5) is 5.69 Å². The minimum absolute atomic E-state index is 0.0540. The molecule has 1 saturated carbocycles. The lowest BCUT2D eigenvalue weighted by Crippen LogP contribution is -2.30. The van der Waals surface area contributed by atoms with Crippen LogP contribution in [0, 0.1) is 5.92 Å². The highest BCUT2D eigenvalue weighted by molar-refractivity contribution is 7.10. The van der Waals surface area contributed by atoms with Crippen LogP contribution in [0.1, 0.15) is 23.8 Å². The van der Waals surface area contributed by atoms with E-state index in [9.17, 15) is 4.79 Å². The molecule has 2 aromatic heterocycles. The number of aromatic nitrogens is 2. The van der Waals surface area contributed by atoms with Gasteiger partial charge >= 0.3 is 0 Å². The van der Waals surface area contributed by atoms with Crippen molar-refractivity contribution in [1.82, 2.24) is 15.1 Å². The zero-order chi connectivity index (χ0) is 15.4. The van der Waals surface area contributed by atoms with E-state index in [1.165, 1.54) is 17.7 Å². The van der Waals surface area contributed by atoms with Gasteiger partial charge < -0.3 is 15.7 Å². The topological polar surface area (TPSA) is 79.2 Å². The Morgan fingerprint density at radius 1 is 1.55 bits per heavy atom. The van der Waals surface area contributed by atoms with Gasteiger partial charge in [-0.2, -0.15) is 5.10 Å². The number of carbonyl (C=O) groups is 1. The van der Waals surface area contributed by atoms with Crippen LogP contribution in [0.3, 0.4) is 0 Å². The molecular weight excluding hydrogens is 300 g/mol. The summed E-state index contributed by atoms with van der Waals surface area (Å²) in [4.78, 5) is 12.9. The smallest absolute Gasteiger partial charge is 0.241 e.